The average molecular weight is 371 g/mol. The van der Waals surface area contributed by atoms with E-state index >= 15 is 0 Å². The Morgan fingerprint density at radius 1 is 1.23 bits per heavy atom. The van der Waals surface area contributed by atoms with Crippen LogP contribution < -0.4 is 4.74 Å². The molecular formula is C15H13F4N5O2. The number of aromatic nitrogens is 5. The van der Waals surface area contributed by atoms with Gasteiger partial charge in [-0.2, -0.15) is 22.8 Å². The molecule has 1 unspecified atom stereocenters. The summed E-state index contributed by atoms with van der Waals surface area (Å²) in [5, 5.41) is 12.1. The number of methoxy groups -OCH3 is 1. The van der Waals surface area contributed by atoms with Gasteiger partial charge in [0.05, 0.1) is 5.69 Å². The highest BCUT2D eigenvalue weighted by Crippen LogP contribution is 2.27. The van der Waals surface area contributed by atoms with Crippen LogP contribution in [0.1, 0.15) is 12.7 Å². The van der Waals surface area contributed by atoms with Gasteiger partial charge >= 0.3 is 6.18 Å². The van der Waals surface area contributed by atoms with E-state index in [2.05, 4.69) is 25.0 Å². The number of nitrogens with zero attached hydrogens (tertiary/aromatic N) is 5. The first-order valence-electron chi connectivity index (χ1n) is 7.39. The van der Waals surface area contributed by atoms with E-state index in [4.69, 9.17) is 4.74 Å². The molecule has 0 amide bonds. The van der Waals surface area contributed by atoms with Crippen molar-refractivity contribution in [3.8, 4) is 17.1 Å². The molecular weight excluding hydrogens is 358 g/mol. The molecule has 3 rings (SSSR count). The van der Waals surface area contributed by atoms with Crippen LogP contribution in [0, 0.1) is 5.82 Å². The van der Waals surface area contributed by atoms with Gasteiger partial charge in [0, 0.05) is 18.9 Å². The van der Waals surface area contributed by atoms with Crippen LogP contribution in [0.4, 0.5) is 17.6 Å². The Kier molecular flexibility index (Phi) is 4.72. The second kappa shape index (κ2) is 6.83. The smallest absolute Gasteiger partial charge is 0.425 e. The standard InChI is InChI=1S/C15H13F4N5O2/c1-8(15(17,18)19)26-14-10(16)5-9(6-20-14)11-3-4-12-21-22-13(7-25-2)24(12)23-11/h3-6,8H,7H2,1-2H3. The van der Waals surface area contributed by atoms with Crippen LogP contribution >= 0.6 is 0 Å². The van der Waals surface area contributed by atoms with Gasteiger partial charge in [-0.05, 0) is 25.1 Å². The molecule has 26 heavy (non-hydrogen) atoms. The minimum absolute atomic E-state index is 0.173. The van der Waals surface area contributed by atoms with Crippen LogP contribution in [0.2, 0.25) is 0 Å². The summed E-state index contributed by atoms with van der Waals surface area (Å²) < 4.78 is 62.6. The molecule has 0 spiro atoms. The van der Waals surface area contributed by atoms with Gasteiger partial charge in [-0.15, -0.1) is 10.2 Å². The third kappa shape index (κ3) is 3.57. The summed E-state index contributed by atoms with van der Waals surface area (Å²) in [6, 6.07) is 4.18. The highest BCUT2D eigenvalue weighted by Gasteiger charge is 2.38. The van der Waals surface area contributed by atoms with E-state index < -0.39 is 24.0 Å². The summed E-state index contributed by atoms with van der Waals surface area (Å²) >= 11 is 0. The number of alkyl halides is 3. The predicted octanol–water partition coefficient (Wildman–Crippen LogP) is 2.80. The molecule has 3 heterocycles. The Labute approximate surface area is 144 Å². The first-order valence-corrected chi connectivity index (χ1v) is 7.39. The second-order valence-corrected chi connectivity index (χ2v) is 5.35. The van der Waals surface area contributed by atoms with E-state index in [0.717, 1.165) is 13.0 Å². The lowest BCUT2D eigenvalue weighted by Gasteiger charge is -2.17. The Morgan fingerprint density at radius 2 is 2.00 bits per heavy atom. The fourth-order valence-corrected chi connectivity index (χ4v) is 2.09. The first kappa shape index (κ1) is 18.0. The molecule has 0 aliphatic carbocycles. The lowest BCUT2D eigenvalue weighted by molar-refractivity contribution is -0.190. The van der Waals surface area contributed by atoms with Gasteiger partial charge in [-0.1, -0.05) is 0 Å². The number of fused-ring (bicyclic) bond motifs is 1. The number of hydrogen-bond donors (Lipinski definition) is 0. The largest absolute Gasteiger partial charge is 0.463 e. The van der Waals surface area contributed by atoms with Crippen LogP contribution in [0.25, 0.3) is 16.9 Å². The quantitative estimate of drug-likeness (QED) is 0.642. The topological polar surface area (TPSA) is 74.4 Å². The SMILES string of the molecule is COCc1nnc2ccc(-c3cnc(OC(C)C(F)(F)F)c(F)c3)nn12. The summed E-state index contributed by atoms with van der Waals surface area (Å²) in [4.78, 5) is 3.63. The van der Waals surface area contributed by atoms with E-state index in [1.54, 1.807) is 12.1 Å². The number of ether oxygens (including phenoxy) is 2. The molecule has 0 aromatic carbocycles. The third-order valence-corrected chi connectivity index (χ3v) is 3.45. The fourth-order valence-electron chi connectivity index (χ4n) is 2.09. The Hall–Kier alpha value is -2.82. The molecule has 0 bridgehead atoms. The predicted molar refractivity (Wildman–Crippen MR) is 80.8 cm³/mol. The molecule has 7 nitrogen and oxygen atoms in total. The zero-order valence-corrected chi connectivity index (χ0v) is 13.7. The maximum Gasteiger partial charge on any atom is 0.425 e. The minimum Gasteiger partial charge on any atom is -0.463 e. The highest BCUT2D eigenvalue weighted by molar-refractivity contribution is 5.59. The zero-order chi connectivity index (χ0) is 18.9. The summed E-state index contributed by atoms with van der Waals surface area (Å²) in [5.74, 6) is -1.32. The third-order valence-electron chi connectivity index (χ3n) is 3.45. The summed E-state index contributed by atoms with van der Waals surface area (Å²) in [6.45, 7) is 0.945. The van der Waals surface area contributed by atoms with Gasteiger partial charge in [-0.25, -0.2) is 9.37 Å². The van der Waals surface area contributed by atoms with Crippen molar-refractivity contribution in [1.29, 1.82) is 0 Å². The van der Waals surface area contributed by atoms with Crippen LogP contribution in [0.3, 0.4) is 0 Å². The molecule has 3 aromatic heterocycles. The maximum absolute atomic E-state index is 14.1. The van der Waals surface area contributed by atoms with E-state index in [0.29, 0.717) is 17.2 Å². The zero-order valence-electron chi connectivity index (χ0n) is 13.7. The number of hydrogen-bond acceptors (Lipinski definition) is 6. The number of pyridine rings is 1. The molecule has 0 fully saturated rings. The van der Waals surface area contributed by atoms with Crippen molar-refractivity contribution in [1.82, 2.24) is 24.8 Å². The van der Waals surface area contributed by atoms with Gasteiger partial charge in [0.15, 0.2) is 23.4 Å². The van der Waals surface area contributed by atoms with Crippen molar-refractivity contribution < 1.29 is 27.0 Å². The van der Waals surface area contributed by atoms with Crippen molar-refractivity contribution in [2.75, 3.05) is 7.11 Å². The van der Waals surface area contributed by atoms with E-state index in [9.17, 15) is 17.6 Å². The van der Waals surface area contributed by atoms with Crippen LogP contribution in [0.5, 0.6) is 5.88 Å². The normalized spacial score (nSPS) is 13.2. The molecule has 138 valence electrons. The Balaban J connectivity index is 1.91. The van der Waals surface area contributed by atoms with Crippen molar-refractivity contribution in [3.05, 3.63) is 36.0 Å². The van der Waals surface area contributed by atoms with Crippen molar-refractivity contribution in [2.24, 2.45) is 0 Å². The van der Waals surface area contributed by atoms with Crippen LogP contribution in [-0.4, -0.2) is 44.2 Å². The second-order valence-electron chi connectivity index (χ2n) is 5.35. The molecule has 0 saturated carbocycles. The molecule has 11 heteroatoms. The molecule has 0 aliphatic rings. The molecule has 0 N–H and O–H groups in total. The molecule has 0 saturated heterocycles. The van der Waals surface area contributed by atoms with Crippen LogP contribution in [-0.2, 0) is 11.3 Å². The summed E-state index contributed by atoms with van der Waals surface area (Å²) in [7, 11) is 1.49. The first-order chi connectivity index (χ1) is 12.3. The fraction of sp³-hybridized carbons (Fsp3) is 0.333. The van der Waals surface area contributed by atoms with Crippen LogP contribution in [0.15, 0.2) is 24.4 Å². The molecule has 1 atom stereocenters. The maximum atomic E-state index is 14.1. The lowest BCUT2D eigenvalue weighted by atomic mass is 10.2. The summed E-state index contributed by atoms with van der Waals surface area (Å²) in [6.07, 6.45) is -5.62. The number of halogens is 4. The summed E-state index contributed by atoms with van der Waals surface area (Å²) in [5.41, 5.74) is 1.05. The van der Waals surface area contributed by atoms with Gasteiger partial charge in [-0.3, -0.25) is 0 Å². The minimum atomic E-state index is -4.62. The Bertz CT molecular complexity index is 928. The van der Waals surface area contributed by atoms with E-state index in [-0.39, 0.29) is 12.2 Å². The highest BCUT2D eigenvalue weighted by atomic mass is 19.4. The van der Waals surface area contributed by atoms with Gasteiger partial charge in [0.2, 0.25) is 0 Å². The average Bonchev–Trinajstić information content (AvgIpc) is 2.98. The number of rotatable bonds is 5. The van der Waals surface area contributed by atoms with Gasteiger partial charge in [0.1, 0.15) is 6.61 Å². The van der Waals surface area contributed by atoms with Crippen molar-refractivity contribution in [2.45, 2.75) is 25.8 Å². The molecule has 0 aliphatic heterocycles. The van der Waals surface area contributed by atoms with Gasteiger partial charge < -0.3 is 9.47 Å². The lowest BCUT2D eigenvalue weighted by Crippen LogP contribution is -2.31. The van der Waals surface area contributed by atoms with E-state index in [1.807, 2.05) is 0 Å². The van der Waals surface area contributed by atoms with Crippen molar-refractivity contribution >= 4 is 5.65 Å². The van der Waals surface area contributed by atoms with E-state index in [1.165, 1.54) is 17.8 Å². The van der Waals surface area contributed by atoms with Gasteiger partial charge in [0.25, 0.3) is 5.88 Å². The molecule has 3 aromatic rings. The monoisotopic (exact) mass is 371 g/mol. The van der Waals surface area contributed by atoms with Crippen molar-refractivity contribution in [3.63, 3.8) is 0 Å². The Morgan fingerprint density at radius 3 is 2.65 bits per heavy atom. The molecule has 0 radical (unpaired) electrons.